The highest BCUT2D eigenvalue weighted by Crippen LogP contribution is 2.51. The molecule has 0 aromatic heterocycles. The van der Waals surface area contributed by atoms with E-state index in [9.17, 15) is 4.79 Å². The average Bonchev–Trinajstić information content (AvgIpc) is 2.80. The average molecular weight is 248 g/mol. The molecule has 1 rings (SSSR count). The lowest BCUT2D eigenvalue weighted by molar-refractivity contribution is -0.120. The largest absolute Gasteiger partial charge is 0.355 e. The number of amides is 1. The van der Waals surface area contributed by atoms with Crippen LogP contribution in [0.3, 0.4) is 0 Å². The molecule has 1 aliphatic rings. The molecule has 76 valence electrons. The maximum atomic E-state index is 11.3. The van der Waals surface area contributed by atoms with E-state index in [4.69, 9.17) is 0 Å². The van der Waals surface area contributed by atoms with E-state index in [1.165, 1.54) is 12.8 Å². The number of nitrogens with one attached hydrogen (secondary N) is 1. The third-order valence-electron chi connectivity index (χ3n) is 3.09. The van der Waals surface area contributed by atoms with Gasteiger partial charge in [-0.05, 0) is 31.1 Å². The van der Waals surface area contributed by atoms with Crippen LogP contribution in [0.15, 0.2) is 0 Å². The van der Waals surface area contributed by atoms with Crippen molar-refractivity contribution in [3.63, 3.8) is 0 Å². The van der Waals surface area contributed by atoms with E-state index in [-0.39, 0.29) is 10.7 Å². The number of halogens is 1. The van der Waals surface area contributed by atoms with Gasteiger partial charge >= 0.3 is 0 Å². The first kappa shape index (κ1) is 11.0. The first-order chi connectivity index (χ1) is 5.98. The van der Waals surface area contributed by atoms with Crippen molar-refractivity contribution in [2.75, 3.05) is 6.54 Å². The maximum absolute atomic E-state index is 11.3. The zero-order valence-corrected chi connectivity index (χ0v) is 10.1. The summed E-state index contributed by atoms with van der Waals surface area (Å²) in [5.41, 5.74) is 0.414. The van der Waals surface area contributed by atoms with Gasteiger partial charge in [0.25, 0.3) is 0 Å². The van der Waals surface area contributed by atoms with Crippen LogP contribution in [0.1, 0.15) is 33.6 Å². The molecule has 13 heavy (non-hydrogen) atoms. The van der Waals surface area contributed by atoms with Gasteiger partial charge < -0.3 is 5.32 Å². The van der Waals surface area contributed by atoms with Crippen LogP contribution in [0.4, 0.5) is 0 Å². The fraction of sp³-hybridized carbons (Fsp3) is 0.900. The number of hydrogen-bond donors (Lipinski definition) is 1. The van der Waals surface area contributed by atoms with Gasteiger partial charge in [-0.1, -0.05) is 29.8 Å². The third kappa shape index (κ3) is 2.70. The standard InChI is InChI=1S/C10H18BrNO/c1-7(2)10(4-5-10)6-12-9(13)8(3)11/h7-8H,4-6H2,1-3H3,(H,12,13). The van der Waals surface area contributed by atoms with Crippen LogP contribution < -0.4 is 5.32 Å². The Labute approximate surface area is 88.6 Å². The minimum absolute atomic E-state index is 0.0736. The molecule has 0 spiro atoms. The van der Waals surface area contributed by atoms with E-state index in [1.807, 2.05) is 6.92 Å². The first-order valence-electron chi connectivity index (χ1n) is 4.90. The molecule has 0 bridgehead atoms. The van der Waals surface area contributed by atoms with Crippen LogP contribution >= 0.6 is 15.9 Å². The van der Waals surface area contributed by atoms with Crippen molar-refractivity contribution in [2.24, 2.45) is 11.3 Å². The molecule has 1 N–H and O–H groups in total. The van der Waals surface area contributed by atoms with Crippen LogP contribution in [-0.4, -0.2) is 17.3 Å². The Hall–Kier alpha value is -0.0500. The predicted octanol–water partition coefficient (Wildman–Crippen LogP) is 2.32. The van der Waals surface area contributed by atoms with Crippen molar-refractivity contribution < 1.29 is 4.79 Å². The smallest absolute Gasteiger partial charge is 0.233 e. The quantitative estimate of drug-likeness (QED) is 0.760. The summed E-state index contributed by atoms with van der Waals surface area (Å²) in [6, 6.07) is 0. The van der Waals surface area contributed by atoms with Crippen LogP contribution in [0.5, 0.6) is 0 Å². The van der Waals surface area contributed by atoms with Gasteiger partial charge in [-0.25, -0.2) is 0 Å². The molecule has 3 heteroatoms. The highest BCUT2D eigenvalue weighted by molar-refractivity contribution is 9.10. The van der Waals surface area contributed by atoms with Crippen LogP contribution in [0.25, 0.3) is 0 Å². The Bertz CT molecular complexity index is 197. The maximum Gasteiger partial charge on any atom is 0.233 e. The Morgan fingerprint density at radius 2 is 2.00 bits per heavy atom. The molecule has 0 heterocycles. The van der Waals surface area contributed by atoms with Gasteiger partial charge in [0.15, 0.2) is 0 Å². The monoisotopic (exact) mass is 247 g/mol. The molecule has 0 radical (unpaired) electrons. The minimum Gasteiger partial charge on any atom is -0.355 e. The number of hydrogen-bond acceptors (Lipinski definition) is 1. The molecule has 1 amide bonds. The summed E-state index contributed by atoms with van der Waals surface area (Å²) in [5.74, 6) is 0.783. The van der Waals surface area contributed by atoms with Gasteiger partial charge in [0.1, 0.15) is 0 Å². The van der Waals surface area contributed by atoms with Gasteiger partial charge in [-0.3, -0.25) is 4.79 Å². The summed E-state index contributed by atoms with van der Waals surface area (Å²) < 4.78 is 0. The number of carbonyl (C=O) groups excluding carboxylic acids is 1. The van der Waals surface area contributed by atoms with Crippen LogP contribution in [-0.2, 0) is 4.79 Å². The SMILES string of the molecule is CC(Br)C(=O)NCC1(C(C)C)CC1. The van der Waals surface area contributed by atoms with Crippen LogP contribution in [0, 0.1) is 11.3 Å². The van der Waals surface area contributed by atoms with Crippen molar-refractivity contribution in [1.82, 2.24) is 5.32 Å². The Morgan fingerprint density at radius 1 is 1.46 bits per heavy atom. The summed E-state index contributed by atoms with van der Waals surface area (Å²) in [6.07, 6.45) is 2.53. The normalized spacial score (nSPS) is 21.3. The molecule has 2 nitrogen and oxygen atoms in total. The second-order valence-electron chi connectivity index (χ2n) is 4.35. The van der Waals surface area contributed by atoms with Crippen LogP contribution in [0.2, 0.25) is 0 Å². The van der Waals surface area contributed by atoms with Gasteiger partial charge in [0, 0.05) is 6.54 Å². The Morgan fingerprint density at radius 3 is 2.31 bits per heavy atom. The lowest BCUT2D eigenvalue weighted by Gasteiger charge is -2.20. The molecule has 1 fully saturated rings. The zero-order valence-electron chi connectivity index (χ0n) is 8.56. The zero-order chi connectivity index (χ0) is 10.1. The molecule has 0 aliphatic heterocycles. The van der Waals surface area contributed by atoms with E-state index >= 15 is 0 Å². The lowest BCUT2D eigenvalue weighted by Crippen LogP contribution is -2.36. The van der Waals surface area contributed by atoms with E-state index in [0.29, 0.717) is 11.3 Å². The molecule has 1 aliphatic carbocycles. The third-order valence-corrected chi connectivity index (χ3v) is 3.51. The summed E-state index contributed by atoms with van der Waals surface area (Å²) in [7, 11) is 0. The lowest BCUT2D eigenvalue weighted by atomic mass is 9.92. The number of rotatable bonds is 4. The molecule has 1 saturated carbocycles. The molecule has 0 aromatic rings. The first-order valence-corrected chi connectivity index (χ1v) is 5.81. The highest BCUT2D eigenvalue weighted by atomic mass is 79.9. The summed E-state index contributed by atoms with van der Waals surface area (Å²) >= 11 is 3.25. The van der Waals surface area contributed by atoms with Crippen molar-refractivity contribution in [1.29, 1.82) is 0 Å². The van der Waals surface area contributed by atoms with E-state index < -0.39 is 0 Å². The second-order valence-corrected chi connectivity index (χ2v) is 5.72. The van der Waals surface area contributed by atoms with Crippen molar-refractivity contribution in [3.05, 3.63) is 0 Å². The van der Waals surface area contributed by atoms with Gasteiger partial charge in [0.05, 0.1) is 4.83 Å². The minimum atomic E-state index is -0.0736. The molecule has 1 atom stereocenters. The second kappa shape index (κ2) is 3.99. The molecule has 0 aromatic carbocycles. The van der Waals surface area contributed by atoms with Gasteiger partial charge in [-0.2, -0.15) is 0 Å². The van der Waals surface area contributed by atoms with Gasteiger partial charge in [-0.15, -0.1) is 0 Å². The molecule has 1 unspecified atom stereocenters. The molecular formula is C10H18BrNO. The summed E-state index contributed by atoms with van der Waals surface area (Å²) in [4.78, 5) is 11.2. The summed E-state index contributed by atoms with van der Waals surface area (Å²) in [5, 5.41) is 2.98. The molecule has 0 saturated heterocycles. The Kier molecular flexibility index (Phi) is 3.38. The fourth-order valence-electron chi connectivity index (χ4n) is 1.52. The van der Waals surface area contributed by atoms with Gasteiger partial charge in [0.2, 0.25) is 5.91 Å². The molecular weight excluding hydrogens is 230 g/mol. The van der Waals surface area contributed by atoms with E-state index in [0.717, 1.165) is 6.54 Å². The van der Waals surface area contributed by atoms with Crippen molar-refractivity contribution >= 4 is 21.8 Å². The highest BCUT2D eigenvalue weighted by Gasteiger charge is 2.45. The van der Waals surface area contributed by atoms with E-state index in [1.54, 1.807) is 0 Å². The topological polar surface area (TPSA) is 29.1 Å². The Balaban J connectivity index is 2.31. The number of alkyl halides is 1. The van der Waals surface area contributed by atoms with E-state index in [2.05, 4.69) is 35.1 Å². The van der Waals surface area contributed by atoms with Crippen molar-refractivity contribution in [3.8, 4) is 0 Å². The summed E-state index contributed by atoms with van der Waals surface area (Å²) in [6.45, 7) is 7.16. The fourth-order valence-corrected chi connectivity index (χ4v) is 1.68. The predicted molar refractivity (Wildman–Crippen MR) is 57.9 cm³/mol. The number of carbonyl (C=O) groups is 1. The van der Waals surface area contributed by atoms with Crippen molar-refractivity contribution in [2.45, 2.75) is 38.4 Å².